The van der Waals surface area contributed by atoms with Gasteiger partial charge in [-0.2, -0.15) is 0 Å². The number of phenolic OH excluding ortho intramolecular Hbond substituents is 1. The lowest BCUT2D eigenvalue weighted by Crippen LogP contribution is -2.40. The number of likely N-dealkylation sites (tertiary alicyclic amines) is 1. The molecule has 1 fully saturated rings. The molecule has 0 spiro atoms. The van der Waals surface area contributed by atoms with Crippen molar-refractivity contribution in [3.05, 3.63) is 29.8 Å². The van der Waals surface area contributed by atoms with E-state index in [2.05, 4.69) is 10.2 Å². The minimum Gasteiger partial charge on any atom is -0.508 e. The van der Waals surface area contributed by atoms with Gasteiger partial charge in [0.25, 0.3) is 0 Å². The normalized spacial score (nSPS) is 14.5. The first kappa shape index (κ1) is 24.4. The van der Waals surface area contributed by atoms with Crippen LogP contribution >= 0.6 is 0 Å². The molecule has 0 unspecified atom stereocenters. The molecular weight excluding hydrogens is 380 g/mol. The van der Waals surface area contributed by atoms with Gasteiger partial charge in [0.05, 0.1) is 0 Å². The van der Waals surface area contributed by atoms with E-state index in [9.17, 15) is 9.90 Å². The minimum absolute atomic E-state index is 0.114. The zero-order chi connectivity index (χ0) is 21.6. The Labute approximate surface area is 170 Å². The Morgan fingerprint density at radius 2 is 1.76 bits per heavy atom. The Balaban J connectivity index is 0.000000612. The molecule has 0 radical (unpaired) electrons. The van der Waals surface area contributed by atoms with Crippen LogP contribution in [0.25, 0.3) is 0 Å². The average Bonchev–Trinajstić information content (AvgIpc) is 2.70. The largest absolute Gasteiger partial charge is 0.508 e. The second-order valence-corrected chi connectivity index (χ2v) is 6.63. The molecule has 0 bridgehead atoms. The molecule has 1 aromatic rings. The molecular formula is C20H30N2O7. The number of hydrogen-bond donors (Lipinski definition) is 4. The highest BCUT2D eigenvalue weighted by atomic mass is 16.5. The van der Waals surface area contributed by atoms with E-state index in [-0.39, 0.29) is 11.8 Å². The van der Waals surface area contributed by atoms with Gasteiger partial charge in [-0.15, -0.1) is 0 Å². The van der Waals surface area contributed by atoms with Gasteiger partial charge in [0, 0.05) is 37.8 Å². The number of carbonyl (C=O) groups excluding carboxylic acids is 1. The van der Waals surface area contributed by atoms with Crippen molar-refractivity contribution in [3.8, 4) is 5.75 Å². The lowest BCUT2D eigenvalue weighted by Gasteiger charge is -2.31. The summed E-state index contributed by atoms with van der Waals surface area (Å²) in [5, 5.41) is 27.6. The van der Waals surface area contributed by atoms with Crippen molar-refractivity contribution in [3.63, 3.8) is 0 Å². The molecule has 4 N–H and O–H groups in total. The maximum absolute atomic E-state index is 12.1. The van der Waals surface area contributed by atoms with Crippen LogP contribution < -0.4 is 5.32 Å². The number of aliphatic carboxylic acids is 2. The fraction of sp³-hybridized carbons (Fsp3) is 0.550. The highest BCUT2D eigenvalue weighted by Gasteiger charge is 2.24. The van der Waals surface area contributed by atoms with Crippen molar-refractivity contribution >= 4 is 17.8 Å². The number of nitrogens with one attached hydrogen (secondary N) is 1. The number of phenols is 1. The molecule has 0 atom stereocenters. The summed E-state index contributed by atoms with van der Waals surface area (Å²) in [6, 6.07) is 7.45. The number of aromatic hydroxyl groups is 1. The number of ether oxygens (including phenoxy) is 1. The van der Waals surface area contributed by atoms with E-state index in [1.807, 2.05) is 25.1 Å². The third-order valence-electron chi connectivity index (χ3n) is 4.50. The number of para-hydroxylation sites is 1. The number of nitrogens with zero attached hydrogens (tertiary/aromatic N) is 1. The van der Waals surface area contributed by atoms with Crippen molar-refractivity contribution in [1.82, 2.24) is 10.2 Å². The quantitative estimate of drug-likeness (QED) is 0.372. The lowest BCUT2D eigenvalue weighted by molar-refractivity contribution is -0.159. The lowest BCUT2D eigenvalue weighted by atomic mass is 9.95. The molecule has 1 saturated heterocycles. The SMILES string of the molecule is CCOCCCNC(=O)C1CCN(Cc2ccccc2O)CC1.O=C(O)C(=O)O. The number of amides is 1. The molecule has 1 amide bonds. The highest BCUT2D eigenvalue weighted by Crippen LogP contribution is 2.22. The summed E-state index contributed by atoms with van der Waals surface area (Å²) in [5.41, 5.74) is 0.950. The summed E-state index contributed by atoms with van der Waals surface area (Å²) in [7, 11) is 0. The summed E-state index contributed by atoms with van der Waals surface area (Å²) in [5.74, 6) is -3.02. The number of carbonyl (C=O) groups is 3. The molecule has 0 aromatic heterocycles. The van der Waals surface area contributed by atoms with E-state index in [1.54, 1.807) is 6.07 Å². The zero-order valence-electron chi connectivity index (χ0n) is 16.7. The first-order valence-corrected chi connectivity index (χ1v) is 9.66. The standard InChI is InChI=1S/C18H28N2O3.C2H2O4/c1-2-23-13-5-10-19-18(22)15-8-11-20(12-9-15)14-16-6-3-4-7-17(16)21;3-1(4)2(5)6/h3-4,6-7,15,21H,2,5,8-14H2,1H3,(H,19,22);(H,3,4)(H,5,6). The summed E-state index contributed by atoms with van der Waals surface area (Å²) in [6.07, 6.45) is 2.63. The van der Waals surface area contributed by atoms with Crippen LogP contribution in [0.15, 0.2) is 24.3 Å². The van der Waals surface area contributed by atoms with Crippen molar-refractivity contribution in [2.24, 2.45) is 5.92 Å². The molecule has 162 valence electrons. The fourth-order valence-corrected chi connectivity index (χ4v) is 2.91. The van der Waals surface area contributed by atoms with Crippen LogP contribution in [0.3, 0.4) is 0 Å². The molecule has 2 rings (SSSR count). The van der Waals surface area contributed by atoms with Crippen LogP contribution in [0.2, 0.25) is 0 Å². The Hall–Kier alpha value is -2.65. The Morgan fingerprint density at radius 3 is 2.31 bits per heavy atom. The van der Waals surface area contributed by atoms with Crippen LogP contribution in [-0.2, 0) is 25.7 Å². The monoisotopic (exact) mass is 410 g/mol. The zero-order valence-corrected chi connectivity index (χ0v) is 16.7. The third-order valence-corrected chi connectivity index (χ3v) is 4.50. The Kier molecular flexibility index (Phi) is 11.4. The van der Waals surface area contributed by atoms with Gasteiger partial charge in [0.2, 0.25) is 5.91 Å². The molecule has 1 aromatic carbocycles. The van der Waals surface area contributed by atoms with Gasteiger partial charge in [0.15, 0.2) is 0 Å². The molecule has 9 heteroatoms. The number of carboxylic acids is 2. The summed E-state index contributed by atoms with van der Waals surface area (Å²) in [6.45, 7) is 6.63. The molecule has 0 saturated carbocycles. The maximum Gasteiger partial charge on any atom is 0.414 e. The van der Waals surface area contributed by atoms with Crippen LogP contribution in [0.1, 0.15) is 31.7 Å². The van der Waals surface area contributed by atoms with Gasteiger partial charge < -0.3 is 25.4 Å². The molecule has 29 heavy (non-hydrogen) atoms. The summed E-state index contributed by atoms with van der Waals surface area (Å²) in [4.78, 5) is 32.6. The van der Waals surface area contributed by atoms with Crippen molar-refractivity contribution in [1.29, 1.82) is 0 Å². The van der Waals surface area contributed by atoms with Crippen LogP contribution in [0, 0.1) is 5.92 Å². The van der Waals surface area contributed by atoms with Crippen LogP contribution in [-0.4, -0.2) is 70.9 Å². The third kappa shape index (κ3) is 9.91. The van der Waals surface area contributed by atoms with E-state index in [1.165, 1.54) is 0 Å². The number of hydrogen-bond acceptors (Lipinski definition) is 6. The van der Waals surface area contributed by atoms with Crippen LogP contribution in [0.5, 0.6) is 5.75 Å². The molecule has 0 aliphatic carbocycles. The van der Waals surface area contributed by atoms with Crippen molar-refractivity contribution in [2.45, 2.75) is 32.7 Å². The number of piperidine rings is 1. The predicted octanol–water partition coefficient (Wildman–Crippen LogP) is 1.30. The fourth-order valence-electron chi connectivity index (χ4n) is 2.91. The highest BCUT2D eigenvalue weighted by molar-refractivity contribution is 6.27. The average molecular weight is 410 g/mol. The Morgan fingerprint density at radius 1 is 1.14 bits per heavy atom. The first-order chi connectivity index (χ1) is 13.8. The van der Waals surface area contributed by atoms with Gasteiger partial charge in [-0.25, -0.2) is 9.59 Å². The molecule has 1 heterocycles. The number of benzene rings is 1. The van der Waals surface area contributed by atoms with E-state index < -0.39 is 11.9 Å². The van der Waals surface area contributed by atoms with Crippen molar-refractivity contribution < 1.29 is 34.4 Å². The summed E-state index contributed by atoms with van der Waals surface area (Å²) >= 11 is 0. The summed E-state index contributed by atoms with van der Waals surface area (Å²) < 4.78 is 5.26. The van der Waals surface area contributed by atoms with Gasteiger partial charge >= 0.3 is 11.9 Å². The minimum atomic E-state index is -1.82. The molecule has 1 aliphatic heterocycles. The maximum atomic E-state index is 12.1. The van der Waals surface area contributed by atoms with Crippen molar-refractivity contribution in [2.75, 3.05) is 32.8 Å². The van der Waals surface area contributed by atoms with Crippen LogP contribution in [0.4, 0.5) is 0 Å². The molecule has 1 aliphatic rings. The molecule has 9 nitrogen and oxygen atoms in total. The van der Waals surface area contributed by atoms with E-state index in [0.717, 1.165) is 51.1 Å². The van der Waals surface area contributed by atoms with Gasteiger partial charge in [-0.05, 0) is 45.3 Å². The number of carboxylic acid groups (broad SMARTS) is 2. The second-order valence-electron chi connectivity index (χ2n) is 6.63. The topological polar surface area (TPSA) is 136 Å². The predicted molar refractivity (Wildman–Crippen MR) is 105 cm³/mol. The smallest absolute Gasteiger partial charge is 0.414 e. The van der Waals surface area contributed by atoms with E-state index >= 15 is 0 Å². The Bertz CT molecular complexity index is 646. The van der Waals surface area contributed by atoms with Gasteiger partial charge in [-0.1, -0.05) is 18.2 Å². The van der Waals surface area contributed by atoms with E-state index in [4.69, 9.17) is 24.5 Å². The number of rotatable bonds is 8. The second kappa shape index (κ2) is 13.5. The van der Waals surface area contributed by atoms with Gasteiger partial charge in [0.1, 0.15) is 5.75 Å². The van der Waals surface area contributed by atoms with Gasteiger partial charge in [-0.3, -0.25) is 9.69 Å². The van der Waals surface area contributed by atoms with E-state index in [0.29, 0.717) is 18.9 Å². The first-order valence-electron chi connectivity index (χ1n) is 9.66.